The average Bonchev–Trinajstić information content (AvgIpc) is 2.65. The molecule has 0 unspecified atom stereocenters. The number of nitrogens with one attached hydrogen (secondary N) is 2. The lowest BCUT2D eigenvalue weighted by Gasteiger charge is -2.28. The zero-order valence-corrected chi connectivity index (χ0v) is 15.7. The first kappa shape index (κ1) is 18.9. The van der Waals surface area contributed by atoms with Crippen LogP contribution in [0.15, 0.2) is 42.5 Å². The molecule has 27 heavy (non-hydrogen) atoms. The molecule has 1 aliphatic heterocycles. The molecule has 1 fully saturated rings. The molecule has 1 saturated heterocycles. The molecule has 0 atom stereocenters. The predicted molar refractivity (Wildman–Crippen MR) is 106 cm³/mol. The number of aryl methyl sites for hydroxylation is 1. The minimum absolute atomic E-state index is 0.0734. The maximum absolute atomic E-state index is 12.2. The molecule has 6 nitrogen and oxygen atoms in total. The summed E-state index contributed by atoms with van der Waals surface area (Å²) in [4.78, 5) is 38.3. The fourth-order valence-electron chi connectivity index (χ4n) is 2.97. The maximum Gasteiger partial charge on any atom is 0.314 e. The lowest BCUT2D eigenvalue weighted by molar-refractivity contribution is -0.132. The zero-order valence-electron chi connectivity index (χ0n) is 14.9. The highest BCUT2D eigenvalue weighted by molar-refractivity contribution is 6.44. The summed E-state index contributed by atoms with van der Waals surface area (Å²) in [6.07, 6.45) is 2.37. The van der Waals surface area contributed by atoms with Gasteiger partial charge in [-0.2, -0.15) is 0 Å². The minimum Gasteiger partial charge on any atom is -0.318 e. The van der Waals surface area contributed by atoms with E-state index in [1.54, 1.807) is 41.3 Å². The van der Waals surface area contributed by atoms with E-state index in [1.165, 1.54) is 0 Å². The zero-order chi connectivity index (χ0) is 19.4. The van der Waals surface area contributed by atoms with Crippen LogP contribution >= 0.6 is 11.6 Å². The van der Waals surface area contributed by atoms with Gasteiger partial charge in [0.1, 0.15) is 0 Å². The SMILES string of the molecule is Cc1ccc(NC(=O)C(=O)Nc2ccccc2Cl)cc1N1CCCCC1=O. The number of carbonyl (C=O) groups is 3. The maximum atomic E-state index is 12.2. The number of carbonyl (C=O) groups excluding carboxylic acids is 3. The number of para-hydroxylation sites is 1. The number of halogens is 1. The molecule has 1 aliphatic rings. The van der Waals surface area contributed by atoms with Gasteiger partial charge < -0.3 is 15.5 Å². The molecule has 2 aromatic carbocycles. The number of anilines is 3. The lowest BCUT2D eigenvalue weighted by atomic mass is 10.1. The Morgan fingerprint density at radius 2 is 1.78 bits per heavy atom. The highest BCUT2D eigenvalue weighted by Gasteiger charge is 2.22. The molecule has 0 aromatic heterocycles. The lowest BCUT2D eigenvalue weighted by Crippen LogP contribution is -2.35. The van der Waals surface area contributed by atoms with Gasteiger partial charge in [0.15, 0.2) is 0 Å². The third-order valence-corrected chi connectivity index (χ3v) is 4.74. The topological polar surface area (TPSA) is 78.5 Å². The first-order chi connectivity index (χ1) is 13.0. The van der Waals surface area contributed by atoms with Crippen LogP contribution in [0.25, 0.3) is 0 Å². The quantitative estimate of drug-likeness (QED) is 0.790. The summed E-state index contributed by atoms with van der Waals surface area (Å²) in [5.74, 6) is -1.56. The van der Waals surface area contributed by atoms with E-state index >= 15 is 0 Å². The van der Waals surface area contributed by atoms with Crippen LogP contribution in [0.5, 0.6) is 0 Å². The Bertz CT molecular complexity index is 898. The van der Waals surface area contributed by atoms with Crippen molar-refractivity contribution < 1.29 is 14.4 Å². The summed E-state index contributed by atoms with van der Waals surface area (Å²) in [6.45, 7) is 2.57. The molecule has 0 radical (unpaired) electrons. The molecule has 2 N–H and O–H groups in total. The van der Waals surface area contributed by atoms with Gasteiger partial charge in [-0.15, -0.1) is 0 Å². The second-order valence-corrected chi connectivity index (χ2v) is 6.80. The molecule has 140 valence electrons. The predicted octanol–water partition coefficient (Wildman–Crippen LogP) is 3.74. The highest BCUT2D eigenvalue weighted by atomic mass is 35.5. The van der Waals surface area contributed by atoms with Crippen LogP contribution in [0.1, 0.15) is 24.8 Å². The van der Waals surface area contributed by atoms with Crippen LogP contribution in [0.2, 0.25) is 5.02 Å². The van der Waals surface area contributed by atoms with Gasteiger partial charge in [0.05, 0.1) is 10.7 Å². The monoisotopic (exact) mass is 385 g/mol. The average molecular weight is 386 g/mol. The van der Waals surface area contributed by atoms with Gasteiger partial charge in [0.25, 0.3) is 0 Å². The number of amides is 3. The van der Waals surface area contributed by atoms with Gasteiger partial charge >= 0.3 is 11.8 Å². The first-order valence-corrected chi connectivity index (χ1v) is 9.11. The Morgan fingerprint density at radius 1 is 1.04 bits per heavy atom. The van der Waals surface area contributed by atoms with Crippen LogP contribution in [0, 0.1) is 6.92 Å². The number of hydrogen-bond acceptors (Lipinski definition) is 3. The summed E-state index contributed by atoms with van der Waals surface area (Å²) in [6, 6.07) is 11.9. The van der Waals surface area contributed by atoms with Crippen molar-refractivity contribution in [1.82, 2.24) is 0 Å². The molecule has 3 rings (SSSR count). The van der Waals surface area contributed by atoms with Crippen LogP contribution in [0.3, 0.4) is 0 Å². The van der Waals surface area contributed by atoms with Crippen molar-refractivity contribution >= 4 is 46.4 Å². The van der Waals surface area contributed by atoms with Gasteiger partial charge in [0.2, 0.25) is 5.91 Å². The Labute approximate surface area is 162 Å². The van der Waals surface area contributed by atoms with E-state index in [0.717, 1.165) is 24.1 Å². The van der Waals surface area contributed by atoms with E-state index < -0.39 is 11.8 Å². The third kappa shape index (κ3) is 4.46. The van der Waals surface area contributed by atoms with E-state index in [0.29, 0.717) is 29.4 Å². The fourth-order valence-corrected chi connectivity index (χ4v) is 3.15. The van der Waals surface area contributed by atoms with Gasteiger partial charge in [-0.05, 0) is 49.6 Å². The second-order valence-electron chi connectivity index (χ2n) is 6.39. The molecule has 1 heterocycles. The van der Waals surface area contributed by atoms with Crippen LogP contribution in [-0.2, 0) is 14.4 Å². The third-order valence-electron chi connectivity index (χ3n) is 4.41. The Morgan fingerprint density at radius 3 is 2.52 bits per heavy atom. The minimum atomic E-state index is -0.820. The van der Waals surface area contributed by atoms with E-state index in [4.69, 9.17) is 11.6 Å². The number of nitrogens with zero attached hydrogens (tertiary/aromatic N) is 1. The van der Waals surface area contributed by atoms with Crippen LogP contribution < -0.4 is 15.5 Å². The van der Waals surface area contributed by atoms with Gasteiger partial charge in [0, 0.05) is 24.3 Å². The van der Waals surface area contributed by atoms with E-state index in [2.05, 4.69) is 10.6 Å². The van der Waals surface area contributed by atoms with Crippen molar-refractivity contribution in [3.05, 3.63) is 53.1 Å². The number of hydrogen-bond donors (Lipinski definition) is 2. The first-order valence-electron chi connectivity index (χ1n) is 8.73. The molecule has 0 saturated carbocycles. The Hall–Kier alpha value is -2.86. The van der Waals surface area contributed by atoms with Crippen molar-refractivity contribution in [2.75, 3.05) is 22.1 Å². The standard InChI is InChI=1S/C20H20ClN3O3/c1-13-9-10-14(12-17(13)24-11-5-4-8-18(24)25)22-19(26)20(27)23-16-7-3-2-6-15(16)21/h2-3,6-7,9-10,12H,4-5,8,11H2,1H3,(H,22,26)(H,23,27). The summed E-state index contributed by atoms with van der Waals surface area (Å²) in [5.41, 5.74) is 2.50. The molecule has 2 aromatic rings. The fraction of sp³-hybridized carbons (Fsp3) is 0.250. The van der Waals surface area contributed by atoms with Gasteiger partial charge in [-0.25, -0.2) is 0 Å². The molecule has 0 bridgehead atoms. The normalized spacial score (nSPS) is 14.0. The van der Waals surface area contributed by atoms with Crippen molar-refractivity contribution in [1.29, 1.82) is 0 Å². The summed E-state index contributed by atoms with van der Waals surface area (Å²) in [5, 5.41) is 5.40. The molecule has 7 heteroatoms. The largest absolute Gasteiger partial charge is 0.318 e. The molecule has 0 spiro atoms. The summed E-state index contributed by atoms with van der Waals surface area (Å²) < 4.78 is 0. The Kier molecular flexibility index (Phi) is 5.76. The number of benzene rings is 2. The molecular weight excluding hydrogens is 366 g/mol. The summed E-state index contributed by atoms with van der Waals surface area (Å²) >= 11 is 5.99. The van der Waals surface area contributed by atoms with E-state index in [-0.39, 0.29) is 5.91 Å². The van der Waals surface area contributed by atoms with Crippen LogP contribution in [0.4, 0.5) is 17.1 Å². The Balaban J connectivity index is 1.72. The highest BCUT2D eigenvalue weighted by Crippen LogP contribution is 2.28. The van der Waals surface area contributed by atoms with Gasteiger partial charge in [-0.1, -0.05) is 29.8 Å². The molecular formula is C20H20ClN3O3. The molecule has 3 amide bonds. The van der Waals surface area contributed by atoms with Crippen molar-refractivity contribution in [3.8, 4) is 0 Å². The van der Waals surface area contributed by atoms with Crippen LogP contribution in [-0.4, -0.2) is 24.3 Å². The number of piperidine rings is 1. The molecule has 0 aliphatic carbocycles. The van der Waals surface area contributed by atoms with Crippen molar-refractivity contribution in [3.63, 3.8) is 0 Å². The van der Waals surface area contributed by atoms with Crippen molar-refractivity contribution in [2.24, 2.45) is 0 Å². The summed E-state index contributed by atoms with van der Waals surface area (Å²) in [7, 11) is 0. The second kappa shape index (κ2) is 8.22. The smallest absolute Gasteiger partial charge is 0.314 e. The van der Waals surface area contributed by atoms with E-state index in [1.807, 2.05) is 13.0 Å². The van der Waals surface area contributed by atoms with E-state index in [9.17, 15) is 14.4 Å². The van der Waals surface area contributed by atoms with Gasteiger partial charge in [-0.3, -0.25) is 14.4 Å². The number of rotatable bonds is 3. The van der Waals surface area contributed by atoms with Crippen molar-refractivity contribution in [2.45, 2.75) is 26.2 Å².